The number of rotatable bonds is 6. The summed E-state index contributed by atoms with van der Waals surface area (Å²) in [6.45, 7) is 3.15. The maximum Gasteiger partial charge on any atom is 0.304 e. The van der Waals surface area contributed by atoms with Crippen molar-refractivity contribution in [2.75, 3.05) is 18.1 Å². The van der Waals surface area contributed by atoms with Crippen LogP contribution in [-0.2, 0) is 24.7 Å². The van der Waals surface area contributed by atoms with Gasteiger partial charge in [0, 0.05) is 12.6 Å². The van der Waals surface area contributed by atoms with Crippen molar-refractivity contribution in [1.29, 1.82) is 0 Å². The van der Waals surface area contributed by atoms with Gasteiger partial charge in [0.1, 0.15) is 0 Å². The van der Waals surface area contributed by atoms with Crippen molar-refractivity contribution < 1.29 is 26.7 Å². The van der Waals surface area contributed by atoms with Gasteiger partial charge < -0.3 is 5.11 Å². The van der Waals surface area contributed by atoms with Crippen LogP contribution in [-0.4, -0.2) is 61.6 Å². The van der Waals surface area contributed by atoms with E-state index in [-0.39, 0.29) is 30.9 Å². The van der Waals surface area contributed by atoms with Gasteiger partial charge in [0.15, 0.2) is 9.84 Å². The number of aliphatic carboxylic acids is 1. The van der Waals surface area contributed by atoms with Gasteiger partial charge in [-0.3, -0.25) is 4.79 Å². The minimum absolute atomic E-state index is 0.0843. The lowest BCUT2D eigenvalue weighted by molar-refractivity contribution is -0.137. The Morgan fingerprint density at radius 1 is 1.42 bits per heavy atom. The summed E-state index contributed by atoms with van der Waals surface area (Å²) < 4.78 is 48.5. The Hall–Kier alpha value is -0.670. The first-order valence-electron chi connectivity index (χ1n) is 5.99. The molecule has 0 amide bonds. The third kappa shape index (κ3) is 4.15. The van der Waals surface area contributed by atoms with Crippen LogP contribution in [0, 0.1) is 0 Å². The SMILES string of the molecule is CC(C)N(CCC(=O)O)S(=O)(=O)C1CCS(=O)(=O)C1. The van der Waals surface area contributed by atoms with Crippen LogP contribution >= 0.6 is 0 Å². The highest BCUT2D eigenvalue weighted by molar-refractivity contribution is 7.95. The van der Waals surface area contributed by atoms with Crippen LogP contribution in [0.3, 0.4) is 0 Å². The topological polar surface area (TPSA) is 109 Å². The second-order valence-corrected chi connectivity index (χ2v) is 9.31. The lowest BCUT2D eigenvalue weighted by atomic mass is 10.3. The molecule has 1 saturated heterocycles. The summed E-state index contributed by atoms with van der Waals surface area (Å²) in [5.74, 6) is -1.58. The van der Waals surface area contributed by atoms with E-state index in [2.05, 4.69) is 0 Å². The predicted molar refractivity (Wildman–Crippen MR) is 70.1 cm³/mol. The molecule has 0 radical (unpaired) electrons. The van der Waals surface area contributed by atoms with Gasteiger partial charge in [0.2, 0.25) is 10.0 Å². The molecule has 0 aromatic carbocycles. The molecule has 0 aromatic heterocycles. The zero-order valence-electron chi connectivity index (χ0n) is 10.9. The average molecular weight is 313 g/mol. The molecule has 19 heavy (non-hydrogen) atoms. The van der Waals surface area contributed by atoms with E-state index in [9.17, 15) is 21.6 Å². The Balaban J connectivity index is 2.91. The number of carboxylic acid groups (broad SMARTS) is 1. The molecule has 1 atom stereocenters. The molecule has 0 aliphatic carbocycles. The van der Waals surface area contributed by atoms with Crippen LogP contribution in [0.2, 0.25) is 0 Å². The summed E-state index contributed by atoms with van der Waals surface area (Å²) in [7, 11) is -7.07. The standard InChI is InChI=1S/C10H19NO6S2/c1-8(2)11(5-3-10(12)13)19(16,17)9-4-6-18(14,15)7-9/h8-9H,3-7H2,1-2H3,(H,12,13). The number of sulfone groups is 1. The van der Waals surface area contributed by atoms with Crippen molar-refractivity contribution >= 4 is 25.8 Å². The van der Waals surface area contributed by atoms with Crippen molar-refractivity contribution in [3.8, 4) is 0 Å². The quantitative estimate of drug-likeness (QED) is 0.720. The molecule has 1 heterocycles. The van der Waals surface area contributed by atoms with Crippen LogP contribution in [0.5, 0.6) is 0 Å². The summed E-state index contributed by atoms with van der Waals surface area (Å²) in [6, 6.07) is -0.396. The van der Waals surface area contributed by atoms with Gasteiger partial charge in [-0.25, -0.2) is 16.8 Å². The zero-order valence-corrected chi connectivity index (χ0v) is 12.6. The molecule has 1 aliphatic heterocycles. The fourth-order valence-corrected chi connectivity index (χ4v) is 6.81. The molecule has 1 aliphatic rings. The first-order chi connectivity index (χ1) is 8.56. The molecule has 1 fully saturated rings. The molecule has 0 aromatic rings. The van der Waals surface area contributed by atoms with Crippen molar-refractivity contribution in [2.24, 2.45) is 0 Å². The van der Waals surface area contributed by atoms with E-state index in [1.165, 1.54) is 0 Å². The summed E-state index contributed by atoms with van der Waals surface area (Å²) >= 11 is 0. The Labute approximate surface area is 113 Å². The van der Waals surface area contributed by atoms with Gasteiger partial charge in [-0.2, -0.15) is 4.31 Å². The third-order valence-electron chi connectivity index (χ3n) is 3.06. The van der Waals surface area contributed by atoms with E-state index in [1.807, 2.05) is 0 Å². The monoisotopic (exact) mass is 313 g/mol. The van der Waals surface area contributed by atoms with Crippen LogP contribution in [0.15, 0.2) is 0 Å². The second-order valence-electron chi connectivity index (χ2n) is 4.92. The molecule has 1 unspecified atom stereocenters. The minimum Gasteiger partial charge on any atom is -0.481 e. The summed E-state index contributed by atoms with van der Waals surface area (Å²) in [5, 5.41) is 7.69. The van der Waals surface area contributed by atoms with Gasteiger partial charge in [0.05, 0.1) is 23.2 Å². The maximum absolute atomic E-state index is 12.3. The van der Waals surface area contributed by atoms with Crippen LogP contribution in [0.4, 0.5) is 0 Å². The molecule has 0 saturated carbocycles. The average Bonchev–Trinajstić information content (AvgIpc) is 2.58. The van der Waals surface area contributed by atoms with Crippen LogP contribution in [0.25, 0.3) is 0 Å². The van der Waals surface area contributed by atoms with Crippen LogP contribution < -0.4 is 0 Å². The zero-order chi connectivity index (χ0) is 14.8. The molecule has 9 heteroatoms. The first-order valence-corrected chi connectivity index (χ1v) is 9.31. The van der Waals surface area contributed by atoms with E-state index in [4.69, 9.17) is 5.11 Å². The molecule has 0 spiro atoms. The minimum atomic E-state index is -3.78. The fraction of sp³-hybridized carbons (Fsp3) is 0.900. The van der Waals surface area contributed by atoms with Crippen molar-refractivity contribution in [2.45, 2.75) is 38.0 Å². The molecule has 1 rings (SSSR count). The Morgan fingerprint density at radius 2 is 2.00 bits per heavy atom. The Bertz CT molecular complexity index is 536. The van der Waals surface area contributed by atoms with Gasteiger partial charge in [0.25, 0.3) is 0 Å². The number of sulfonamides is 1. The van der Waals surface area contributed by atoms with Gasteiger partial charge >= 0.3 is 5.97 Å². The highest BCUT2D eigenvalue weighted by Crippen LogP contribution is 2.23. The van der Waals surface area contributed by atoms with E-state index in [0.29, 0.717) is 0 Å². The molecule has 1 N–H and O–H groups in total. The van der Waals surface area contributed by atoms with Gasteiger partial charge in [-0.15, -0.1) is 0 Å². The lowest BCUT2D eigenvalue weighted by Gasteiger charge is -2.27. The highest BCUT2D eigenvalue weighted by Gasteiger charge is 2.41. The summed E-state index contributed by atoms with van der Waals surface area (Å²) in [4.78, 5) is 10.6. The smallest absolute Gasteiger partial charge is 0.304 e. The van der Waals surface area contributed by atoms with E-state index >= 15 is 0 Å². The fourth-order valence-electron chi connectivity index (χ4n) is 2.07. The maximum atomic E-state index is 12.3. The number of nitrogens with zero attached hydrogens (tertiary/aromatic N) is 1. The van der Waals surface area contributed by atoms with Crippen molar-refractivity contribution in [1.82, 2.24) is 4.31 Å². The van der Waals surface area contributed by atoms with Crippen molar-refractivity contribution in [3.63, 3.8) is 0 Å². The number of carbonyl (C=O) groups is 1. The third-order valence-corrected chi connectivity index (χ3v) is 7.54. The van der Waals surface area contributed by atoms with E-state index in [0.717, 1.165) is 4.31 Å². The highest BCUT2D eigenvalue weighted by atomic mass is 32.2. The summed E-state index contributed by atoms with van der Waals surface area (Å²) in [5.41, 5.74) is 0. The lowest BCUT2D eigenvalue weighted by Crippen LogP contribution is -2.44. The molecule has 0 bridgehead atoms. The largest absolute Gasteiger partial charge is 0.481 e. The predicted octanol–water partition coefficient (Wildman–Crippen LogP) is -0.312. The number of carboxylic acids is 1. The normalized spacial score (nSPS) is 23.1. The summed E-state index contributed by atoms with van der Waals surface area (Å²) in [6.07, 6.45) is -0.210. The molecular weight excluding hydrogens is 294 g/mol. The number of hydrogen-bond acceptors (Lipinski definition) is 5. The molecule has 7 nitrogen and oxygen atoms in total. The first kappa shape index (κ1) is 16.4. The van der Waals surface area contributed by atoms with Crippen molar-refractivity contribution in [3.05, 3.63) is 0 Å². The second kappa shape index (κ2) is 5.76. The molecular formula is C10H19NO6S2. The number of hydrogen-bond donors (Lipinski definition) is 1. The van der Waals surface area contributed by atoms with Crippen LogP contribution in [0.1, 0.15) is 26.7 Å². The molecule has 112 valence electrons. The Kier molecular flexibility index (Phi) is 4.97. The van der Waals surface area contributed by atoms with Gasteiger partial charge in [-0.05, 0) is 20.3 Å². The van der Waals surface area contributed by atoms with E-state index < -0.39 is 37.1 Å². The Morgan fingerprint density at radius 3 is 2.37 bits per heavy atom. The van der Waals surface area contributed by atoms with Gasteiger partial charge in [-0.1, -0.05) is 0 Å². The van der Waals surface area contributed by atoms with E-state index in [1.54, 1.807) is 13.8 Å².